The predicted molar refractivity (Wildman–Crippen MR) is 55.2 cm³/mol. The van der Waals surface area contributed by atoms with Crippen molar-refractivity contribution in [2.24, 2.45) is 0 Å². The molecule has 0 heterocycles. The molecule has 1 atom stereocenters. The minimum absolute atomic E-state index is 0.850. The molecule has 1 aromatic carbocycles. The molecule has 0 amide bonds. The first-order valence-corrected chi connectivity index (χ1v) is 6.34. The van der Waals surface area contributed by atoms with E-state index in [1.165, 1.54) is 4.90 Å². The minimum Gasteiger partial charge on any atom is -0.255 e. The molecule has 0 aliphatic heterocycles. The smallest absolute Gasteiger partial charge is 0.0498 e. The summed E-state index contributed by atoms with van der Waals surface area (Å²) in [5, 5.41) is 0. The molecule has 0 N–H and O–H groups in total. The molecule has 0 bridgehead atoms. The van der Waals surface area contributed by atoms with Crippen LogP contribution in [-0.4, -0.2) is 16.2 Å². The second kappa shape index (κ2) is 4.67. The van der Waals surface area contributed by atoms with Gasteiger partial charge in [-0.1, -0.05) is 6.92 Å². The zero-order chi connectivity index (χ0) is 8.97. The van der Waals surface area contributed by atoms with E-state index in [4.69, 9.17) is 0 Å². The van der Waals surface area contributed by atoms with Gasteiger partial charge in [-0.15, -0.1) is 11.8 Å². The van der Waals surface area contributed by atoms with Crippen LogP contribution in [0.25, 0.3) is 0 Å². The highest BCUT2D eigenvalue weighted by Crippen LogP contribution is 2.18. The van der Waals surface area contributed by atoms with Gasteiger partial charge >= 0.3 is 0 Å². The van der Waals surface area contributed by atoms with E-state index in [1.807, 2.05) is 24.3 Å². The molecule has 0 radical (unpaired) electrons. The molecule has 0 saturated heterocycles. The normalized spacial score (nSPS) is 12.8. The Kier molecular flexibility index (Phi) is 3.82. The maximum Gasteiger partial charge on any atom is 0.0498 e. The molecule has 0 spiro atoms. The summed E-state index contributed by atoms with van der Waals surface area (Å²) in [7, 11) is -0.850. The van der Waals surface area contributed by atoms with E-state index in [0.717, 1.165) is 10.6 Å². The van der Waals surface area contributed by atoms with Crippen LogP contribution in [0.5, 0.6) is 0 Å². The molecule has 12 heavy (non-hydrogen) atoms. The van der Waals surface area contributed by atoms with Crippen LogP contribution in [0.1, 0.15) is 6.92 Å². The van der Waals surface area contributed by atoms with Crippen LogP contribution in [0.2, 0.25) is 0 Å². The van der Waals surface area contributed by atoms with Crippen molar-refractivity contribution in [2.75, 3.05) is 12.0 Å². The van der Waals surface area contributed by atoms with Crippen LogP contribution >= 0.6 is 11.8 Å². The molecule has 0 saturated carbocycles. The Balaban J connectivity index is 2.78. The highest BCUT2D eigenvalue weighted by Gasteiger charge is 1.96. The Bertz CT molecular complexity index is 266. The van der Waals surface area contributed by atoms with Gasteiger partial charge in [-0.05, 0) is 30.0 Å². The Morgan fingerprint density at radius 3 is 2.33 bits per heavy atom. The van der Waals surface area contributed by atoms with E-state index < -0.39 is 10.8 Å². The minimum atomic E-state index is -0.850. The van der Waals surface area contributed by atoms with E-state index >= 15 is 0 Å². The molecule has 1 nitrogen and oxygen atoms in total. The molecule has 0 aliphatic carbocycles. The van der Waals surface area contributed by atoms with Gasteiger partial charge in [0.2, 0.25) is 0 Å². The highest BCUT2D eigenvalue weighted by atomic mass is 32.2. The van der Waals surface area contributed by atoms with Crippen molar-refractivity contribution < 1.29 is 4.21 Å². The quantitative estimate of drug-likeness (QED) is 0.697. The Morgan fingerprint density at radius 2 is 1.92 bits per heavy atom. The predicted octanol–water partition coefficient (Wildman–Crippen LogP) is 2.54. The van der Waals surface area contributed by atoms with E-state index in [1.54, 1.807) is 18.0 Å². The van der Waals surface area contributed by atoms with Crippen molar-refractivity contribution in [3.63, 3.8) is 0 Å². The van der Waals surface area contributed by atoms with Gasteiger partial charge in [0, 0.05) is 26.8 Å². The molecular weight excluding hydrogens is 188 g/mol. The third-order valence-corrected chi connectivity index (χ3v) is 3.30. The van der Waals surface area contributed by atoms with Crippen LogP contribution in [0.4, 0.5) is 0 Å². The van der Waals surface area contributed by atoms with Gasteiger partial charge in [0.15, 0.2) is 0 Å². The lowest BCUT2D eigenvalue weighted by molar-refractivity contribution is 0.686. The number of hydrogen-bond acceptors (Lipinski definition) is 2. The summed E-state index contributed by atoms with van der Waals surface area (Å²) in [4.78, 5) is 2.14. The maximum atomic E-state index is 11.0. The number of thioether (sulfide) groups is 1. The number of benzene rings is 1. The van der Waals surface area contributed by atoms with Crippen molar-refractivity contribution in [3.8, 4) is 0 Å². The zero-order valence-electron chi connectivity index (χ0n) is 7.24. The summed E-state index contributed by atoms with van der Waals surface area (Å²) in [6.45, 7) is 2.12. The van der Waals surface area contributed by atoms with Crippen LogP contribution in [0, 0.1) is 0 Å². The first-order valence-electron chi connectivity index (χ1n) is 3.80. The molecule has 3 heteroatoms. The topological polar surface area (TPSA) is 17.1 Å². The fraction of sp³-hybridized carbons (Fsp3) is 0.333. The lowest BCUT2D eigenvalue weighted by atomic mass is 10.4. The monoisotopic (exact) mass is 200 g/mol. The van der Waals surface area contributed by atoms with Crippen molar-refractivity contribution in [3.05, 3.63) is 24.3 Å². The van der Waals surface area contributed by atoms with Gasteiger partial charge in [-0.2, -0.15) is 0 Å². The third kappa shape index (κ3) is 2.64. The Labute approximate surface area is 80.0 Å². The maximum absolute atomic E-state index is 11.0. The fourth-order valence-electron chi connectivity index (χ4n) is 0.894. The second-order valence-electron chi connectivity index (χ2n) is 2.36. The summed E-state index contributed by atoms with van der Waals surface area (Å²) >= 11 is 1.80. The van der Waals surface area contributed by atoms with Crippen LogP contribution in [0.3, 0.4) is 0 Å². The molecule has 1 rings (SSSR count). The van der Waals surface area contributed by atoms with Gasteiger partial charge in [0.25, 0.3) is 0 Å². The zero-order valence-corrected chi connectivity index (χ0v) is 8.87. The second-order valence-corrected chi connectivity index (χ2v) is 5.08. The Hall–Kier alpha value is -0.280. The summed E-state index contributed by atoms with van der Waals surface area (Å²) < 4.78 is 11.0. The van der Waals surface area contributed by atoms with Gasteiger partial charge in [-0.3, -0.25) is 4.21 Å². The SMILES string of the molecule is CCSc1ccc(S(C)=O)cc1. The summed E-state index contributed by atoms with van der Waals surface area (Å²) in [5.41, 5.74) is 0. The van der Waals surface area contributed by atoms with Gasteiger partial charge in [0.1, 0.15) is 0 Å². The molecule has 0 aliphatic rings. The van der Waals surface area contributed by atoms with Crippen LogP contribution in [-0.2, 0) is 10.8 Å². The molecule has 0 fully saturated rings. The summed E-state index contributed by atoms with van der Waals surface area (Å²) in [5.74, 6) is 1.08. The van der Waals surface area contributed by atoms with Gasteiger partial charge in [-0.25, -0.2) is 0 Å². The highest BCUT2D eigenvalue weighted by molar-refractivity contribution is 7.99. The molecule has 1 aromatic rings. The standard InChI is InChI=1S/C9H12OS2/c1-3-11-8-4-6-9(7-5-8)12(2)10/h4-7H,3H2,1-2H3. The molecule has 1 unspecified atom stereocenters. The first-order chi connectivity index (χ1) is 5.74. The van der Waals surface area contributed by atoms with Crippen LogP contribution < -0.4 is 0 Å². The van der Waals surface area contributed by atoms with E-state index in [0.29, 0.717) is 0 Å². The van der Waals surface area contributed by atoms with E-state index in [-0.39, 0.29) is 0 Å². The van der Waals surface area contributed by atoms with E-state index in [2.05, 4.69) is 6.92 Å². The summed E-state index contributed by atoms with van der Waals surface area (Å²) in [6, 6.07) is 7.89. The Morgan fingerprint density at radius 1 is 1.33 bits per heavy atom. The van der Waals surface area contributed by atoms with E-state index in [9.17, 15) is 4.21 Å². The fourth-order valence-corrected chi connectivity index (χ4v) is 2.08. The van der Waals surface area contributed by atoms with Crippen molar-refractivity contribution in [2.45, 2.75) is 16.7 Å². The average Bonchev–Trinajstić information content (AvgIpc) is 2.06. The summed E-state index contributed by atoms with van der Waals surface area (Å²) in [6.07, 6.45) is 1.70. The lowest BCUT2D eigenvalue weighted by Gasteiger charge is -1.99. The average molecular weight is 200 g/mol. The van der Waals surface area contributed by atoms with Crippen molar-refractivity contribution in [1.82, 2.24) is 0 Å². The largest absolute Gasteiger partial charge is 0.255 e. The molecular formula is C9H12OS2. The van der Waals surface area contributed by atoms with Gasteiger partial charge in [0.05, 0.1) is 0 Å². The van der Waals surface area contributed by atoms with Crippen molar-refractivity contribution >= 4 is 22.6 Å². The number of rotatable bonds is 3. The van der Waals surface area contributed by atoms with Crippen LogP contribution in [0.15, 0.2) is 34.1 Å². The first kappa shape index (κ1) is 9.81. The third-order valence-electron chi connectivity index (χ3n) is 1.47. The lowest BCUT2D eigenvalue weighted by Crippen LogP contribution is -1.85. The van der Waals surface area contributed by atoms with Crippen molar-refractivity contribution in [1.29, 1.82) is 0 Å². The molecule has 0 aromatic heterocycles. The number of hydrogen-bond donors (Lipinski definition) is 0. The van der Waals surface area contributed by atoms with Gasteiger partial charge < -0.3 is 0 Å². The molecule has 66 valence electrons.